The number of benzene rings is 1. The van der Waals surface area contributed by atoms with Gasteiger partial charge in [0.1, 0.15) is 5.58 Å². The molecule has 0 atom stereocenters. The van der Waals surface area contributed by atoms with Crippen LogP contribution in [0.25, 0.3) is 22.6 Å². The van der Waals surface area contributed by atoms with Crippen LogP contribution < -0.4 is 11.4 Å². The summed E-state index contributed by atoms with van der Waals surface area (Å²) in [6.07, 6.45) is 1.47. The summed E-state index contributed by atoms with van der Waals surface area (Å²) >= 11 is 0. The maximum absolute atomic E-state index is 12.1. The number of nitrogens with zero attached hydrogens (tertiary/aromatic N) is 2. The zero-order valence-corrected chi connectivity index (χ0v) is 13.6. The number of fused-ring (bicyclic) bond motifs is 1. The molecule has 0 saturated heterocycles. The first-order chi connectivity index (χ1) is 12.0. The van der Waals surface area contributed by atoms with Gasteiger partial charge < -0.3 is 13.3 Å². The largest absolute Gasteiger partial charge is 0.459 e. The zero-order valence-electron chi connectivity index (χ0n) is 13.6. The molecule has 0 saturated carbocycles. The summed E-state index contributed by atoms with van der Waals surface area (Å²) in [6, 6.07) is 8.50. The number of furan rings is 1. The zero-order chi connectivity index (χ0) is 17.6. The summed E-state index contributed by atoms with van der Waals surface area (Å²) in [5.41, 5.74) is 2.59. The van der Waals surface area contributed by atoms with Crippen molar-refractivity contribution in [3.63, 3.8) is 0 Å². The summed E-state index contributed by atoms with van der Waals surface area (Å²) in [4.78, 5) is 24.0. The number of aromatic nitrogens is 2. The summed E-state index contributed by atoms with van der Waals surface area (Å²) in [7, 11) is 0. The SMILES string of the molecule is Cc1ccc2c(Cn3nc(-c4ccco4)oc3=O)cc(=O)oc2c1C. The minimum atomic E-state index is -0.628. The molecule has 3 heterocycles. The molecule has 4 aromatic rings. The molecule has 0 N–H and O–H groups in total. The van der Waals surface area contributed by atoms with E-state index in [1.807, 2.05) is 26.0 Å². The van der Waals surface area contributed by atoms with Gasteiger partial charge in [0.25, 0.3) is 5.89 Å². The van der Waals surface area contributed by atoms with Gasteiger partial charge in [-0.3, -0.25) is 0 Å². The van der Waals surface area contributed by atoms with E-state index in [9.17, 15) is 9.59 Å². The van der Waals surface area contributed by atoms with E-state index in [1.54, 1.807) is 12.1 Å². The smallest absolute Gasteiger partial charge is 0.437 e. The minimum absolute atomic E-state index is 0.0909. The van der Waals surface area contributed by atoms with Gasteiger partial charge in [-0.15, -0.1) is 5.10 Å². The Morgan fingerprint density at radius 1 is 1.12 bits per heavy atom. The van der Waals surface area contributed by atoms with Gasteiger partial charge >= 0.3 is 11.4 Å². The molecule has 25 heavy (non-hydrogen) atoms. The van der Waals surface area contributed by atoms with Crippen molar-refractivity contribution in [1.29, 1.82) is 0 Å². The third-order valence-electron chi connectivity index (χ3n) is 4.18. The first-order valence-electron chi connectivity index (χ1n) is 7.67. The standard InChI is InChI=1S/C18H14N2O5/c1-10-5-6-13-12(8-15(21)24-16(13)11(10)2)9-20-18(22)25-17(19-20)14-4-3-7-23-14/h3-8H,9H2,1-2H3. The second-order valence-corrected chi connectivity index (χ2v) is 5.78. The molecule has 1 aromatic carbocycles. The molecule has 0 amide bonds. The van der Waals surface area contributed by atoms with Gasteiger partial charge in [-0.05, 0) is 42.7 Å². The molecule has 0 aliphatic heterocycles. The molecule has 0 unspecified atom stereocenters. The monoisotopic (exact) mass is 338 g/mol. The molecule has 4 rings (SSSR count). The summed E-state index contributed by atoms with van der Waals surface area (Å²) in [5, 5.41) is 4.90. The Morgan fingerprint density at radius 3 is 2.72 bits per heavy atom. The van der Waals surface area contributed by atoms with Crippen molar-refractivity contribution in [2.45, 2.75) is 20.4 Å². The van der Waals surface area contributed by atoms with Crippen LogP contribution in [0, 0.1) is 13.8 Å². The maximum atomic E-state index is 12.1. The first-order valence-corrected chi connectivity index (χ1v) is 7.67. The fraction of sp³-hybridized carbons (Fsp3) is 0.167. The maximum Gasteiger partial charge on any atom is 0.437 e. The van der Waals surface area contributed by atoms with Gasteiger partial charge in [0.2, 0.25) is 0 Å². The van der Waals surface area contributed by atoms with Crippen LogP contribution in [0.1, 0.15) is 16.7 Å². The molecule has 0 fully saturated rings. The molecular formula is C18H14N2O5. The lowest BCUT2D eigenvalue weighted by atomic mass is 10.0. The van der Waals surface area contributed by atoms with Crippen molar-refractivity contribution in [2.24, 2.45) is 0 Å². The summed E-state index contributed by atoms with van der Waals surface area (Å²) < 4.78 is 16.8. The van der Waals surface area contributed by atoms with Gasteiger partial charge in [-0.25, -0.2) is 9.59 Å². The van der Waals surface area contributed by atoms with Crippen LogP contribution >= 0.6 is 0 Å². The lowest BCUT2D eigenvalue weighted by molar-refractivity contribution is 0.476. The molecular weight excluding hydrogens is 324 g/mol. The Kier molecular flexibility index (Phi) is 3.42. The fourth-order valence-electron chi connectivity index (χ4n) is 2.72. The van der Waals surface area contributed by atoms with Crippen molar-refractivity contribution in [3.05, 3.63) is 74.3 Å². The van der Waals surface area contributed by atoms with E-state index in [4.69, 9.17) is 13.3 Å². The highest BCUT2D eigenvalue weighted by Gasteiger charge is 2.15. The van der Waals surface area contributed by atoms with Crippen molar-refractivity contribution in [2.75, 3.05) is 0 Å². The Labute approximate surface area is 141 Å². The van der Waals surface area contributed by atoms with Crippen molar-refractivity contribution >= 4 is 11.0 Å². The third-order valence-corrected chi connectivity index (χ3v) is 4.18. The van der Waals surface area contributed by atoms with Crippen molar-refractivity contribution in [3.8, 4) is 11.7 Å². The second-order valence-electron chi connectivity index (χ2n) is 5.78. The molecule has 0 aliphatic rings. The van der Waals surface area contributed by atoms with E-state index in [1.165, 1.54) is 12.3 Å². The highest BCUT2D eigenvalue weighted by molar-refractivity contribution is 5.83. The summed E-state index contributed by atoms with van der Waals surface area (Å²) in [5.74, 6) is -0.175. The van der Waals surface area contributed by atoms with Gasteiger partial charge in [0.05, 0.1) is 12.8 Å². The topological polar surface area (TPSA) is 91.4 Å². The molecule has 7 nitrogen and oxygen atoms in total. The van der Waals surface area contributed by atoms with E-state index in [2.05, 4.69) is 5.10 Å². The minimum Gasteiger partial charge on any atom is -0.459 e. The molecule has 7 heteroatoms. The highest BCUT2D eigenvalue weighted by atomic mass is 16.4. The average molecular weight is 338 g/mol. The lowest BCUT2D eigenvalue weighted by Crippen LogP contribution is -2.18. The van der Waals surface area contributed by atoms with Crippen LogP contribution in [-0.2, 0) is 6.54 Å². The predicted octanol–water partition coefficient (Wildman–Crippen LogP) is 2.87. The molecule has 0 radical (unpaired) electrons. The molecule has 0 spiro atoms. The normalized spacial score (nSPS) is 11.3. The first kappa shape index (κ1) is 15.2. The van der Waals surface area contributed by atoms with Crippen LogP contribution in [0.15, 0.2) is 59.4 Å². The van der Waals surface area contributed by atoms with E-state index in [0.29, 0.717) is 16.9 Å². The van der Waals surface area contributed by atoms with Gasteiger partial charge in [0.15, 0.2) is 5.76 Å². The highest BCUT2D eigenvalue weighted by Crippen LogP contribution is 2.24. The Hall–Kier alpha value is -3.35. The number of hydrogen-bond acceptors (Lipinski definition) is 6. The second kappa shape index (κ2) is 5.62. The van der Waals surface area contributed by atoms with Crippen molar-refractivity contribution in [1.82, 2.24) is 9.78 Å². The van der Waals surface area contributed by atoms with Crippen LogP contribution in [0.3, 0.4) is 0 Å². The van der Waals surface area contributed by atoms with E-state index >= 15 is 0 Å². The molecule has 0 bridgehead atoms. The Bertz CT molecular complexity index is 1180. The number of hydrogen-bond donors (Lipinski definition) is 0. The van der Waals surface area contributed by atoms with Crippen LogP contribution in [0.2, 0.25) is 0 Å². The van der Waals surface area contributed by atoms with Crippen LogP contribution in [0.4, 0.5) is 0 Å². The Balaban J connectivity index is 1.83. The van der Waals surface area contributed by atoms with E-state index < -0.39 is 11.4 Å². The van der Waals surface area contributed by atoms with Crippen LogP contribution in [0.5, 0.6) is 0 Å². The molecule has 126 valence electrons. The lowest BCUT2D eigenvalue weighted by Gasteiger charge is -2.08. The van der Waals surface area contributed by atoms with Gasteiger partial charge in [-0.1, -0.05) is 12.1 Å². The summed E-state index contributed by atoms with van der Waals surface area (Å²) in [6.45, 7) is 3.93. The molecule has 0 aliphatic carbocycles. The number of rotatable bonds is 3. The fourth-order valence-corrected chi connectivity index (χ4v) is 2.72. The van der Waals surface area contributed by atoms with Gasteiger partial charge in [-0.2, -0.15) is 4.68 Å². The Morgan fingerprint density at radius 2 is 1.96 bits per heavy atom. The third kappa shape index (κ3) is 2.59. The number of aryl methyl sites for hydroxylation is 2. The van der Waals surface area contributed by atoms with Crippen LogP contribution in [-0.4, -0.2) is 9.78 Å². The van der Waals surface area contributed by atoms with E-state index in [0.717, 1.165) is 21.2 Å². The van der Waals surface area contributed by atoms with Crippen molar-refractivity contribution < 1.29 is 13.3 Å². The predicted molar refractivity (Wildman–Crippen MR) is 89.5 cm³/mol. The van der Waals surface area contributed by atoms with E-state index in [-0.39, 0.29) is 12.4 Å². The molecule has 3 aromatic heterocycles. The quantitative estimate of drug-likeness (QED) is 0.533. The van der Waals surface area contributed by atoms with Gasteiger partial charge in [0, 0.05) is 11.5 Å². The average Bonchev–Trinajstić information content (AvgIpc) is 3.22.